The van der Waals surface area contributed by atoms with Gasteiger partial charge in [0.2, 0.25) is 5.91 Å². The SMILES string of the molecule is CCN(C)[C@@H]1CN(C(=O)Cc2ccccc2)C2(CCCCC2)C1. The number of carbonyl (C=O) groups is 1. The van der Waals surface area contributed by atoms with Gasteiger partial charge < -0.3 is 9.80 Å². The second-order valence-electron chi connectivity index (χ2n) is 7.38. The Morgan fingerprint density at radius 1 is 1.22 bits per heavy atom. The summed E-state index contributed by atoms with van der Waals surface area (Å²) in [6, 6.07) is 10.7. The smallest absolute Gasteiger partial charge is 0.227 e. The molecule has 0 bridgehead atoms. The second kappa shape index (κ2) is 7.04. The van der Waals surface area contributed by atoms with Crippen molar-refractivity contribution in [3.8, 4) is 0 Å². The highest BCUT2D eigenvalue weighted by Crippen LogP contribution is 2.43. The number of hydrogen-bond donors (Lipinski definition) is 0. The lowest BCUT2D eigenvalue weighted by atomic mass is 9.79. The number of carbonyl (C=O) groups excluding carboxylic acids is 1. The predicted octanol–water partition coefficient (Wildman–Crippen LogP) is 3.48. The van der Waals surface area contributed by atoms with Gasteiger partial charge in [-0.1, -0.05) is 56.5 Å². The fourth-order valence-corrected chi connectivity index (χ4v) is 4.49. The molecule has 0 aromatic heterocycles. The molecule has 1 spiro atoms. The molecule has 0 N–H and O–H groups in total. The van der Waals surface area contributed by atoms with Gasteiger partial charge in [0, 0.05) is 18.1 Å². The number of likely N-dealkylation sites (tertiary alicyclic amines) is 1. The molecule has 1 aliphatic heterocycles. The maximum Gasteiger partial charge on any atom is 0.227 e. The summed E-state index contributed by atoms with van der Waals surface area (Å²) in [4.78, 5) is 17.7. The Morgan fingerprint density at radius 3 is 2.57 bits per heavy atom. The van der Waals surface area contributed by atoms with Gasteiger partial charge >= 0.3 is 0 Å². The van der Waals surface area contributed by atoms with E-state index in [9.17, 15) is 4.79 Å². The van der Waals surface area contributed by atoms with Crippen molar-refractivity contribution in [3.63, 3.8) is 0 Å². The molecule has 23 heavy (non-hydrogen) atoms. The molecule has 3 rings (SSSR count). The molecule has 1 heterocycles. The van der Waals surface area contributed by atoms with Gasteiger partial charge in [0.05, 0.1) is 6.42 Å². The van der Waals surface area contributed by atoms with Crippen LogP contribution in [0.25, 0.3) is 0 Å². The van der Waals surface area contributed by atoms with Crippen molar-refractivity contribution in [2.24, 2.45) is 0 Å². The van der Waals surface area contributed by atoms with E-state index in [0.29, 0.717) is 18.4 Å². The van der Waals surface area contributed by atoms with E-state index in [1.807, 2.05) is 18.2 Å². The highest BCUT2D eigenvalue weighted by atomic mass is 16.2. The minimum Gasteiger partial charge on any atom is -0.335 e. The minimum absolute atomic E-state index is 0.137. The van der Waals surface area contributed by atoms with Gasteiger partial charge in [0.15, 0.2) is 0 Å². The summed E-state index contributed by atoms with van der Waals surface area (Å²) >= 11 is 0. The molecule has 3 heteroatoms. The Hall–Kier alpha value is -1.35. The Kier molecular flexibility index (Phi) is 5.05. The van der Waals surface area contributed by atoms with E-state index in [1.165, 1.54) is 32.1 Å². The van der Waals surface area contributed by atoms with Crippen molar-refractivity contribution in [3.05, 3.63) is 35.9 Å². The van der Waals surface area contributed by atoms with Crippen LogP contribution in [-0.4, -0.2) is 47.4 Å². The molecule has 1 aromatic rings. The third-order valence-electron chi connectivity index (χ3n) is 5.99. The fraction of sp³-hybridized carbons (Fsp3) is 0.650. The van der Waals surface area contributed by atoms with E-state index in [0.717, 1.165) is 25.1 Å². The van der Waals surface area contributed by atoms with Gasteiger partial charge in [-0.3, -0.25) is 4.79 Å². The lowest BCUT2D eigenvalue weighted by Crippen LogP contribution is -2.49. The first kappa shape index (κ1) is 16.5. The maximum absolute atomic E-state index is 13.1. The highest BCUT2D eigenvalue weighted by Gasteiger charge is 2.48. The van der Waals surface area contributed by atoms with Crippen LogP contribution in [0, 0.1) is 0 Å². The summed E-state index contributed by atoms with van der Waals surface area (Å²) in [6.45, 7) is 4.18. The molecule has 1 saturated heterocycles. The maximum atomic E-state index is 13.1. The summed E-state index contributed by atoms with van der Waals surface area (Å²) in [5.74, 6) is 0.324. The molecule has 2 fully saturated rings. The van der Waals surface area contributed by atoms with E-state index in [2.05, 4.69) is 35.9 Å². The van der Waals surface area contributed by atoms with Crippen LogP contribution >= 0.6 is 0 Å². The minimum atomic E-state index is 0.137. The fourth-order valence-electron chi connectivity index (χ4n) is 4.49. The van der Waals surface area contributed by atoms with Crippen molar-refractivity contribution in [2.75, 3.05) is 20.1 Å². The Bertz CT molecular complexity index is 522. The summed E-state index contributed by atoms with van der Waals surface area (Å²) in [5, 5.41) is 0. The molecule has 1 atom stereocenters. The summed E-state index contributed by atoms with van der Waals surface area (Å²) in [7, 11) is 2.20. The lowest BCUT2D eigenvalue weighted by Gasteiger charge is -2.41. The summed E-state index contributed by atoms with van der Waals surface area (Å²) in [5.41, 5.74) is 1.27. The first-order valence-corrected chi connectivity index (χ1v) is 9.19. The predicted molar refractivity (Wildman–Crippen MR) is 94.4 cm³/mol. The molecule has 1 saturated carbocycles. The van der Waals surface area contributed by atoms with Gasteiger partial charge in [-0.2, -0.15) is 0 Å². The molecule has 2 aliphatic rings. The van der Waals surface area contributed by atoms with Crippen molar-refractivity contribution in [1.29, 1.82) is 0 Å². The van der Waals surface area contributed by atoms with Crippen LogP contribution in [-0.2, 0) is 11.2 Å². The summed E-state index contributed by atoms with van der Waals surface area (Å²) in [6.07, 6.45) is 7.98. The van der Waals surface area contributed by atoms with Crippen LogP contribution in [0.4, 0.5) is 0 Å². The number of hydrogen-bond acceptors (Lipinski definition) is 2. The van der Waals surface area contributed by atoms with Crippen LogP contribution in [0.1, 0.15) is 51.0 Å². The van der Waals surface area contributed by atoms with Gasteiger partial charge in [-0.15, -0.1) is 0 Å². The van der Waals surface area contributed by atoms with Gasteiger partial charge in [0.1, 0.15) is 0 Å². The van der Waals surface area contributed by atoms with Crippen molar-refractivity contribution in [1.82, 2.24) is 9.80 Å². The summed E-state index contributed by atoms with van der Waals surface area (Å²) < 4.78 is 0. The first-order valence-electron chi connectivity index (χ1n) is 9.19. The standard InChI is InChI=1S/C20H30N2O/c1-3-21(2)18-15-20(12-8-5-9-13-20)22(16-18)19(23)14-17-10-6-4-7-11-17/h4,6-7,10-11,18H,3,5,8-9,12-16H2,1-2H3/t18-/m0/s1. The van der Waals surface area contributed by atoms with E-state index >= 15 is 0 Å². The molecule has 0 radical (unpaired) electrons. The molecular formula is C20H30N2O. The zero-order valence-electron chi connectivity index (χ0n) is 14.6. The van der Waals surface area contributed by atoms with Crippen molar-refractivity contribution >= 4 is 5.91 Å². The first-order chi connectivity index (χ1) is 11.1. The van der Waals surface area contributed by atoms with Crippen LogP contribution in [0.2, 0.25) is 0 Å². The number of benzene rings is 1. The molecule has 3 nitrogen and oxygen atoms in total. The van der Waals surface area contributed by atoms with Gasteiger partial charge in [0.25, 0.3) is 0 Å². The largest absolute Gasteiger partial charge is 0.335 e. The van der Waals surface area contributed by atoms with Gasteiger partial charge in [-0.05, 0) is 38.4 Å². The monoisotopic (exact) mass is 314 g/mol. The van der Waals surface area contributed by atoms with Crippen molar-refractivity contribution in [2.45, 2.75) is 63.5 Å². The molecule has 1 amide bonds. The number of likely N-dealkylation sites (N-methyl/N-ethyl adjacent to an activating group) is 1. The van der Waals surface area contributed by atoms with E-state index < -0.39 is 0 Å². The van der Waals surface area contributed by atoms with E-state index in [4.69, 9.17) is 0 Å². The lowest BCUT2D eigenvalue weighted by molar-refractivity contribution is -0.135. The molecule has 126 valence electrons. The van der Waals surface area contributed by atoms with E-state index in [-0.39, 0.29) is 5.54 Å². The van der Waals surface area contributed by atoms with Crippen LogP contribution < -0.4 is 0 Å². The van der Waals surface area contributed by atoms with Crippen LogP contribution in [0.5, 0.6) is 0 Å². The zero-order chi connectivity index (χ0) is 16.3. The Morgan fingerprint density at radius 2 is 1.91 bits per heavy atom. The highest BCUT2D eigenvalue weighted by molar-refractivity contribution is 5.80. The zero-order valence-corrected chi connectivity index (χ0v) is 14.6. The number of amides is 1. The Labute approximate surface area is 140 Å². The number of rotatable bonds is 4. The average Bonchev–Trinajstić information content (AvgIpc) is 2.94. The quantitative estimate of drug-likeness (QED) is 0.849. The third kappa shape index (κ3) is 3.45. The Balaban J connectivity index is 1.77. The second-order valence-corrected chi connectivity index (χ2v) is 7.38. The molecular weight excluding hydrogens is 284 g/mol. The molecule has 1 aromatic carbocycles. The van der Waals surface area contributed by atoms with Crippen LogP contribution in [0.15, 0.2) is 30.3 Å². The third-order valence-corrected chi connectivity index (χ3v) is 5.99. The van der Waals surface area contributed by atoms with Crippen LogP contribution in [0.3, 0.4) is 0 Å². The van der Waals surface area contributed by atoms with Crippen molar-refractivity contribution < 1.29 is 4.79 Å². The topological polar surface area (TPSA) is 23.6 Å². The average molecular weight is 314 g/mol. The normalized spacial score (nSPS) is 23.6. The number of nitrogens with zero attached hydrogens (tertiary/aromatic N) is 2. The molecule has 1 aliphatic carbocycles. The molecule has 0 unspecified atom stereocenters. The van der Waals surface area contributed by atoms with Gasteiger partial charge in [-0.25, -0.2) is 0 Å². The van der Waals surface area contributed by atoms with E-state index in [1.54, 1.807) is 0 Å².